The summed E-state index contributed by atoms with van der Waals surface area (Å²) in [4.78, 5) is 8.24. The van der Waals surface area contributed by atoms with E-state index in [0.717, 1.165) is 24.6 Å². The number of nitrogens with one attached hydrogen (secondary N) is 1. The SMILES string of the molecule is CCN=C(C)NC(CC)=NC. The average molecular weight is 155 g/mol. The van der Waals surface area contributed by atoms with E-state index in [9.17, 15) is 0 Å². The topological polar surface area (TPSA) is 36.8 Å². The third kappa shape index (κ3) is 4.53. The van der Waals surface area contributed by atoms with Crippen molar-refractivity contribution in [1.29, 1.82) is 0 Å². The molecule has 0 heterocycles. The first-order valence-electron chi connectivity index (χ1n) is 3.98. The van der Waals surface area contributed by atoms with Crippen LogP contribution in [0.15, 0.2) is 9.98 Å². The number of hydrogen-bond donors (Lipinski definition) is 1. The summed E-state index contributed by atoms with van der Waals surface area (Å²) in [7, 11) is 1.78. The van der Waals surface area contributed by atoms with Crippen LogP contribution in [0.25, 0.3) is 0 Å². The molecule has 0 aromatic rings. The first-order valence-corrected chi connectivity index (χ1v) is 3.98. The molecule has 3 nitrogen and oxygen atoms in total. The van der Waals surface area contributed by atoms with Gasteiger partial charge in [0, 0.05) is 20.0 Å². The Labute approximate surface area is 68.6 Å². The third-order valence-corrected chi connectivity index (χ3v) is 1.33. The summed E-state index contributed by atoms with van der Waals surface area (Å²) >= 11 is 0. The number of aliphatic imine (C=N–C) groups is 2. The maximum Gasteiger partial charge on any atom is 0.101 e. The Morgan fingerprint density at radius 2 is 2.00 bits per heavy atom. The van der Waals surface area contributed by atoms with E-state index < -0.39 is 0 Å². The first kappa shape index (κ1) is 10.1. The lowest BCUT2D eigenvalue weighted by molar-refractivity contribution is 1.07. The summed E-state index contributed by atoms with van der Waals surface area (Å²) in [6.45, 7) is 6.85. The second-order valence-corrected chi connectivity index (χ2v) is 2.21. The van der Waals surface area contributed by atoms with Crippen molar-refractivity contribution in [2.75, 3.05) is 13.6 Å². The van der Waals surface area contributed by atoms with Gasteiger partial charge in [0.25, 0.3) is 0 Å². The average Bonchev–Trinajstić information content (AvgIpc) is 2.01. The van der Waals surface area contributed by atoms with Crippen LogP contribution in [0.5, 0.6) is 0 Å². The van der Waals surface area contributed by atoms with E-state index >= 15 is 0 Å². The van der Waals surface area contributed by atoms with Crippen molar-refractivity contribution in [2.24, 2.45) is 9.98 Å². The molecule has 0 bridgehead atoms. The van der Waals surface area contributed by atoms with Gasteiger partial charge in [-0.15, -0.1) is 0 Å². The molecule has 0 amide bonds. The van der Waals surface area contributed by atoms with Gasteiger partial charge >= 0.3 is 0 Å². The fourth-order valence-electron chi connectivity index (χ4n) is 0.788. The van der Waals surface area contributed by atoms with E-state index in [1.165, 1.54) is 0 Å². The Bertz CT molecular complexity index is 159. The predicted molar refractivity (Wildman–Crippen MR) is 50.4 cm³/mol. The lowest BCUT2D eigenvalue weighted by Crippen LogP contribution is -2.27. The van der Waals surface area contributed by atoms with Crippen LogP contribution in [-0.4, -0.2) is 25.3 Å². The fraction of sp³-hybridized carbons (Fsp3) is 0.750. The molecule has 0 rings (SSSR count). The molecule has 0 unspecified atom stereocenters. The van der Waals surface area contributed by atoms with Gasteiger partial charge in [-0.3, -0.25) is 9.98 Å². The molecule has 64 valence electrons. The zero-order chi connectivity index (χ0) is 8.69. The molecule has 0 aromatic carbocycles. The fourth-order valence-corrected chi connectivity index (χ4v) is 0.788. The van der Waals surface area contributed by atoms with Crippen molar-refractivity contribution in [3.63, 3.8) is 0 Å². The van der Waals surface area contributed by atoms with E-state index in [1.807, 2.05) is 13.8 Å². The summed E-state index contributed by atoms with van der Waals surface area (Å²) in [5.41, 5.74) is 0. The van der Waals surface area contributed by atoms with E-state index in [2.05, 4.69) is 22.2 Å². The number of rotatable bonds is 2. The molecular weight excluding hydrogens is 138 g/mol. The molecule has 0 aromatic heterocycles. The van der Waals surface area contributed by atoms with Crippen LogP contribution in [-0.2, 0) is 0 Å². The molecule has 0 fully saturated rings. The summed E-state index contributed by atoms with van der Waals surface area (Å²) in [5.74, 6) is 1.93. The van der Waals surface area contributed by atoms with Crippen molar-refractivity contribution in [3.05, 3.63) is 0 Å². The molecule has 0 aliphatic carbocycles. The third-order valence-electron chi connectivity index (χ3n) is 1.33. The van der Waals surface area contributed by atoms with Gasteiger partial charge in [-0.25, -0.2) is 0 Å². The zero-order valence-electron chi connectivity index (χ0n) is 7.81. The molecule has 11 heavy (non-hydrogen) atoms. The molecule has 0 atom stereocenters. The van der Waals surface area contributed by atoms with Gasteiger partial charge < -0.3 is 5.32 Å². The molecule has 0 aliphatic rings. The molecule has 0 radical (unpaired) electrons. The largest absolute Gasteiger partial charge is 0.333 e. The van der Waals surface area contributed by atoms with Gasteiger partial charge in [0.15, 0.2) is 0 Å². The maximum atomic E-state index is 4.18. The zero-order valence-corrected chi connectivity index (χ0v) is 7.81. The highest BCUT2D eigenvalue weighted by Gasteiger charge is 1.93. The van der Waals surface area contributed by atoms with Crippen LogP contribution in [0, 0.1) is 0 Å². The number of amidine groups is 2. The second kappa shape index (κ2) is 5.89. The quantitative estimate of drug-likeness (QED) is 0.475. The molecule has 0 saturated carbocycles. The molecule has 0 spiro atoms. The predicted octanol–water partition coefficient (Wildman–Crippen LogP) is 1.45. The number of hydrogen-bond acceptors (Lipinski definition) is 2. The summed E-state index contributed by atoms with van der Waals surface area (Å²) in [6, 6.07) is 0. The van der Waals surface area contributed by atoms with Gasteiger partial charge in [-0.05, 0) is 13.8 Å². The lowest BCUT2D eigenvalue weighted by Gasteiger charge is -2.05. The lowest BCUT2D eigenvalue weighted by atomic mass is 10.4. The standard InChI is InChI=1S/C8H17N3/c1-5-8(9-4)11-7(3)10-6-2/h5-6H2,1-4H3,(H,9,10,11). The minimum absolute atomic E-state index is 0.819. The molecule has 3 heteroatoms. The van der Waals surface area contributed by atoms with Gasteiger partial charge in [0.1, 0.15) is 5.84 Å². The molecule has 0 aliphatic heterocycles. The minimum Gasteiger partial charge on any atom is -0.333 e. The van der Waals surface area contributed by atoms with Crippen LogP contribution >= 0.6 is 0 Å². The molecular formula is C8H17N3. The van der Waals surface area contributed by atoms with Gasteiger partial charge in [0.05, 0.1) is 5.84 Å². The monoisotopic (exact) mass is 155 g/mol. The maximum absolute atomic E-state index is 4.18. The van der Waals surface area contributed by atoms with Crippen LogP contribution < -0.4 is 5.32 Å². The van der Waals surface area contributed by atoms with Crippen LogP contribution in [0.4, 0.5) is 0 Å². The van der Waals surface area contributed by atoms with Crippen molar-refractivity contribution in [1.82, 2.24) is 5.32 Å². The van der Waals surface area contributed by atoms with E-state index in [-0.39, 0.29) is 0 Å². The molecule has 0 saturated heterocycles. The Hall–Kier alpha value is -0.860. The highest BCUT2D eigenvalue weighted by Crippen LogP contribution is 1.81. The van der Waals surface area contributed by atoms with Crippen molar-refractivity contribution in [2.45, 2.75) is 27.2 Å². The Balaban J connectivity index is 3.92. The molecule has 1 N–H and O–H groups in total. The highest BCUT2D eigenvalue weighted by molar-refractivity contribution is 5.99. The van der Waals surface area contributed by atoms with Crippen molar-refractivity contribution < 1.29 is 0 Å². The van der Waals surface area contributed by atoms with E-state index in [4.69, 9.17) is 0 Å². The summed E-state index contributed by atoms with van der Waals surface area (Å²) < 4.78 is 0. The minimum atomic E-state index is 0.819. The van der Waals surface area contributed by atoms with Crippen LogP contribution in [0.1, 0.15) is 27.2 Å². The Morgan fingerprint density at radius 1 is 1.36 bits per heavy atom. The van der Waals surface area contributed by atoms with Gasteiger partial charge in [-0.1, -0.05) is 6.92 Å². The van der Waals surface area contributed by atoms with Crippen molar-refractivity contribution in [3.8, 4) is 0 Å². The Morgan fingerprint density at radius 3 is 2.36 bits per heavy atom. The highest BCUT2D eigenvalue weighted by atomic mass is 15.0. The second-order valence-electron chi connectivity index (χ2n) is 2.21. The van der Waals surface area contributed by atoms with Crippen molar-refractivity contribution >= 4 is 11.7 Å². The van der Waals surface area contributed by atoms with E-state index in [0.29, 0.717) is 0 Å². The van der Waals surface area contributed by atoms with E-state index in [1.54, 1.807) is 7.05 Å². The normalized spacial score (nSPS) is 13.5. The Kier molecular flexibility index (Phi) is 5.43. The number of nitrogens with zero attached hydrogens (tertiary/aromatic N) is 2. The van der Waals surface area contributed by atoms with Crippen LogP contribution in [0.2, 0.25) is 0 Å². The summed E-state index contributed by atoms with van der Waals surface area (Å²) in [6.07, 6.45) is 0.924. The van der Waals surface area contributed by atoms with Crippen LogP contribution in [0.3, 0.4) is 0 Å². The van der Waals surface area contributed by atoms with Gasteiger partial charge in [-0.2, -0.15) is 0 Å². The summed E-state index contributed by atoms with van der Waals surface area (Å²) in [5, 5.41) is 3.12. The first-order chi connectivity index (χ1) is 5.24. The smallest absolute Gasteiger partial charge is 0.101 e. The van der Waals surface area contributed by atoms with Gasteiger partial charge in [0.2, 0.25) is 0 Å².